The SMILES string of the molecule is CCOCC1(c2cccc(CN)c2)CC1. The summed E-state index contributed by atoms with van der Waals surface area (Å²) in [6.07, 6.45) is 2.50. The fraction of sp³-hybridized carbons (Fsp3) is 0.538. The lowest BCUT2D eigenvalue weighted by atomic mass is 9.95. The second kappa shape index (κ2) is 4.33. The smallest absolute Gasteiger partial charge is 0.0562 e. The highest BCUT2D eigenvalue weighted by Crippen LogP contribution is 2.48. The predicted molar refractivity (Wildman–Crippen MR) is 61.7 cm³/mol. The van der Waals surface area contributed by atoms with Crippen molar-refractivity contribution in [2.24, 2.45) is 5.73 Å². The maximum Gasteiger partial charge on any atom is 0.0562 e. The quantitative estimate of drug-likeness (QED) is 0.800. The third-order valence-electron chi connectivity index (χ3n) is 3.21. The lowest BCUT2D eigenvalue weighted by molar-refractivity contribution is 0.125. The van der Waals surface area contributed by atoms with Crippen LogP contribution in [0, 0.1) is 0 Å². The molecule has 0 atom stereocenters. The molecule has 82 valence electrons. The van der Waals surface area contributed by atoms with Gasteiger partial charge in [0.05, 0.1) is 6.61 Å². The minimum absolute atomic E-state index is 0.307. The number of benzene rings is 1. The fourth-order valence-corrected chi connectivity index (χ4v) is 1.99. The Morgan fingerprint density at radius 3 is 2.80 bits per heavy atom. The van der Waals surface area contributed by atoms with Crippen molar-refractivity contribution in [2.45, 2.75) is 31.7 Å². The van der Waals surface area contributed by atoms with Crippen molar-refractivity contribution >= 4 is 0 Å². The van der Waals surface area contributed by atoms with Gasteiger partial charge in [-0.3, -0.25) is 0 Å². The van der Waals surface area contributed by atoms with E-state index in [-0.39, 0.29) is 0 Å². The van der Waals surface area contributed by atoms with Gasteiger partial charge in [-0.05, 0) is 30.9 Å². The molecule has 2 heteroatoms. The van der Waals surface area contributed by atoms with Crippen LogP contribution >= 0.6 is 0 Å². The highest BCUT2D eigenvalue weighted by Gasteiger charge is 2.44. The van der Waals surface area contributed by atoms with Crippen LogP contribution in [0.3, 0.4) is 0 Å². The molecule has 0 aliphatic heterocycles. The minimum atomic E-state index is 0.307. The van der Waals surface area contributed by atoms with E-state index in [1.165, 1.54) is 24.0 Å². The average molecular weight is 205 g/mol. The zero-order valence-electron chi connectivity index (χ0n) is 9.33. The van der Waals surface area contributed by atoms with Crippen LogP contribution in [0.2, 0.25) is 0 Å². The Bertz CT molecular complexity index is 331. The molecule has 0 spiro atoms. The van der Waals surface area contributed by atoms with Crippen molar-refractivity contribution in [3.05, 3.63) is 35.4 Å². The van der Waals surface area contributed by atoms with E-state index < -0.39 is 0 Å². The molecule has 2 nitrogen and oxygen atoms in total. The van der Waals surface area contributed by atoms with Crippen molar-refractivity contribution < 1.29 is 4.74 Å². The maximum atomic E-state index is 5.65. The Morgan fingerprint density at radius 1 is 1.40 bits per heavy atom. The van der Waals surface area contributed by atoms with Gasteiger partial charge in [0, 0.05) is 18.6 Å². The second-order valence-electron chi connectivity index (χ2n) is 4.32. The maximum absolute atomic E-state index is 5.65. The molecule has 0 radical (unpaired) electrons. The lowest BCUT2D eigenvalue weighted by Crippen LogP contribution is -2.15. The number of rotatable bonds is 5. The Kier molecular flexibility index (Phi) is 3.08. The molecule has 2 rings (SSSR count). The van der Waals surface area contributed by atoms with Gasteiger partial charge in [-0.2, -0.15) is 0 Å². The molecular formula is C13H19NO. The Balaban J connectivity index is 2.14. The van der Waals surface area contributed by atoms with Crippen LogP contribution in [0.25, 0.3) is 0 Å². The molecule has 0 heterocycles. The normalized spacial score (nSPS) is 17.7. The van der Waals surface area contributed by atoms with E-state index in [0.29, 0.717) is 12.0 Å². The Labute approximate surface area is 91.4 Å². The molecule has 15 heavy (non-hydrogen) atoms. The van der Waals surface area contributed by atoms with Gasteiger partial charge in [-0.25, -0.2) is 0 Å². The topological polar surface area (TPSA) is 35.2 Å². The van der Waals surface area contributed by atoms with Crippen molar-refractivity contribution in [3.8, 4) is 0 Å². The van der Waals surface area contributed by atoms with Gasteiger partial charge in [0.1, 0.15) is 0 Å². The third kappa shape index (κ3) is 2.21. The van der Waals surface area contributed by atoms with Gasteiger partial charge in [0.15, 0.2) is 0 Å². The first-order chi connectivity index (χ1) is 7.30. The summed E-state index contributed by atoms with van der Waals surface area (Å²) in [6.45, 7) is 4.33. The highest BCUT2D eigenvalue weighted by atomic mass is 16.5. The molecule has 1 aliphatic rings. The van der Waals surface area contributed by atoms with E-state index in [4.69, 9.17) is 10.5 Å². The van der Waals surface area contributed by atoms with Crippen LogP contribution in [-0.4, -0.2) is 13.2 Å². The van der Waals surface area contributed by atoms with Gasteiger partial charge in [0.25, 0.3) is 0 Å². The molecule has 0 bridgehead atoms. The van der Waals surface area contributed by atoms with E-state index in [0.717, 1.165) is 13.2 Å². The summed E-state index contributed by atoms with van der Waals surface area (Å²) in [5.41, 5.74) is 8.58. The van der Waals surface area contributed by atoms with Crippen molar-refractivity contribution in [1.82, 2.24) is 0 Å². The summed E-state index contributed by atoms with van der Waals surface area (Å²) in [6, 6.07) is 8.61. The monoisotopic (exact) mass is 205 g/mol. The first-order valence-corrected chi connectivity index (χ1v) is 5.68. The molecule has 1 aromatic rings. The molecule has 0 aromatic heterocycles. The summed E-state index contributed by atoms with van der Waals surface area (Å²) in [7, 11) is 0. The Morgan fingerprint density at radius 2 is 2.20 bits per heavy atom. The van der Waals surface area contributed by atoms with Gasteiger partial charge in [-0.15, -0.1) is 0 Å². The molecule has 1 fully saturated rings. The van der Waals surface area contributed by atoms with Crippen LogP contribution in [0.4, 0.5) is 0 Å². The summed E-state index contributed by atoms with van der Waals surface area (Å²) < 4.78 is 5.56. The molecule has 0 unspecified atom stereocenters. The van der Waals surface area contributed by atoms with E-state index in [2.05, 4.69) is 24.3 Å². The predicted octanol–water partition coefficient (Wildman–Crippen LogP) is 2.21. The first-order valence-electron chi connectivity index (χ1n) is 5.68. The minimum Gasteiger partial charge on any atom is -0.381 e. The fourth-order valence-electron chi connectivity index (χ4n) is 1.99. The Hall–Kier alpha value is -0.860. The van der Waals surface area contributed by atoms with Gasteiger partial charge in [-0.1, -0.05) is 24.3 Å². The zero-order chi connectivity index (χ0) is 10.7. The van der Waals surface area contributed by atoms with E-state index in [9.17, 15) is 0 Å². The number of hydrogen-bond donors (Lipinski definition) is 1. The molecule has 0 saturated heterocycles. The molecule has 1 aromatic carbocycles. The summed E-state index contributed by atoms with van der Waals surface area (Å²) in [5, 5.41) is 0. The second-order valence-corrected chi connectivity index (χ2v) is 4.32. The van der Waals surface area contributed by atoms with Crippen LogP contribution in [0.15, 0.2) is 24.3 Å². The largest absolute Gasteiger partial charge is 0.381 e. The summed E-state index contributed by atoms with van der Waals surface area (Å²) in [4.78, 5) is 0. The van der Waals surface area contributed by atoms with Gasteiger partial charge < -0.3 is 10.5 Å². The zero-order valence-corrected chi connectivity index (χ0v) is 9.33. The van der Waals surface area contributed by atoms with Gasteiger partial charge in [0.2, 0.25) is 0 Å². The number of nitrogens with two attached hydrogens (primary N) is 1. The van der Waals surface area contributed by atoms with Crippen molar-refractivity contribution in [2.75, 3.05) is 13.2 Å². The highest BCUT2D eigenvalue weighted by molar-refractivity contribution is 5.34. The summed E-state index contributed by atoms with van der Waals surface area (Å²) in [5.74, 6) is 0. The van der Waals surface area contributed by atoms with Crippen LogP contribution < -0.4 is 5.73 Å². The molecule has 2 N–H and O–H groups in total. The van der Waals surface area contributed by atoms with Crippen LogP contribution in [0.5, 0.6) is 0 Å². The summed E-state index contributed by atoms with van der Waals surface area (Å²) >= 11 is 0. The van der Waals surface area contributed by atoms with E-state index >= 15 is 0 Å². The average Bonchev–Trinajstić information content (AvgIpc) is 3.08. The third-order valence-corrected chi connectivity index (χ3v) is 3.21. The molecule has 0 amide bonds. The first kappa shape index (κ1) is 10.7. The van der Waals surface area contributed by atoms with E-state index in [1.807, 2.05) is 6.92 Å². The molecular weight excluding hydrogens is 186 g/mol. The van der Waals surface area contributed by atoms with Crippen LogP contribution in [-0.2, 0) is 16.7 Å². The van der Waals surface area contributed by atoms with Crippen molar-refractivity contribution in [3.63, 3.8) is 0 Å². The van der Waals surface area contributed by atoms with Crippen molar-refractivity contribution in [1.29, 1.82) is 0 Å². The molecule has 1 aliphatic carbocycles. The van der Waals surface area contributed by atoms with Gasteiger partial charge >= 0.3 is 0 Å². The van der Waals surface area contributed by atoms with Crippen LogP contribution in [0.1, 0.15) is 30.9 Å². The van der Waals surface area contributed by atoms with E-state index in [1.54, 1.807) is 0 Å². The number of hydrogen-bond acceptors (Lipinski definition) is 2. The molecule has 1 saturated carbocycles. The number of ether oxygens (including phenoxy) is 1. The lowest BCUT2D eigenvalue weighted by Gasteiger charge is -2.16. The standard InChI is InChI=1S/C13H19NO/c1-2-15-10-13(6-7-13)12-5-3-4-11(8-12)9-14/h3-5,8H,2,6-7,9-10,14H2,1H3.